The van der Waals surface area contributed by atoms with E-state index in [0.717, 1.165) is 22.1 Å². The van der Waals surface area contributed by atoms with Gasteiger partial charge in [0.05, 0.1) is 28.0 Å². The molecule has 0 fully saturated rings. The minimum Gasteiger partial charge on any atom is -0.454 e. The topological polar surface area (TPSA) is 43.4 Å². The fourth-order valence-corrected chi connectivity index (χ4v) is 3.06. The van der Waals surface area contributed by atoms with Gasteiger partial charge in [0.2, 0.25) is 6.79 Å². The number of anilines is 1. The first-order valence-electron chi connectivity index (χ1n) is 5.89. The maximum Gasteiger partial charge on any atom is 0.231 e. The summed E-state index contributed by atoms with van der Waals surface area (Å²) in [6, 6.07) is 3.64. The molecule has 0 radical (unpaired) electrons. The Labute approximate surface area is 120 Å². The van der Waals surface area contributed by atoms with E-state index in [2.05, 4.69) is 10.3 Å². The van der Waals surface area contributed by atoms with Crippen LogP contribution in [-0.2, 0) is 6.54 Å². The van der Waals surface area contributed by atoms with Crippen LogP contribution in [0.15, 0.2) is 12.1 Å². The highest BCUT2D eigenvalue weighted by molar-refractivity contribution is 7.11. The summed E-state index contributed by atoms with van der Waals surface area (Å²) in [7, 11) is 0. The van der Waals surface area contributed by atoms with Crippen molar-refractivity contribution in [2.45, 2.75) is 20.4 Å². The van der Waals surface area contributed by atoms with Crippen LogP contribution in [-0.4, -0.2) is 11.8 Å². The number of hydrogen-bond donors (Lipinski definition) is 1. The Balaban J connectivity index is 1.78. The number of aryl methyl sites for hydroxylation is 2. The van der Waals surface area contributed by atoms with Gasteiger partial charge in [-0.25, -0.2) is 4.98 Å². The van der Waals surface area contributed by atoms with Crippen molar-refractivity contribution >= 4 is 28.6 Å². The number of thiazole rings is 1. The fourth-order valence-electron chi connectivity index (χ4n) is 1.97. The molecule has 0 saturated carbocycles. The van der Waals surface area contributed by atoms with E-state index in [9.17, 15) is 0 Å². The molecule has 0 amide bonds. The number of rotatable bonds is 3. The third kappa shape index (κ3) is 2.48. The normalized spacial score (nSPS) is 12.8. The van der Waals surface area contributed by atoms with Gasteiger partial charge in [-0.2, -0.15) is 0 Å². The predicted octanol–water partition coefficient (Wildman–Crippen LogP) is 3.75. The minimum absolute atomic E-state index is 0.252. The second-order valence-electron chi connectivity index (χ2n) is 4.28. The Morgan fingerprint density at radius 1 is 1.32 bits per heavy atom. The molecule has 0 saturated heterocycles. The van der Waals surface area contributed by atoms with E-state index in [0.29, 0.717) is 17.3 Å². The minimum atomic E-state index is 0.252. The molecule has 2 aromatic rings. The Hall–Kier alpha value is -1.46. The van der Waals surface area contributed by atoms with Crippen molar-refractivity contribution in [3.8, 4) is 11.5 Å². The first-order valence-corrected chi connectivity index (χ1v) is 7.09. The van der Waals surface area contributed by atoms with Gasteiger partial charge in [0.1, 0.15) is 0 Å². The van der Waals surface area contributed by atoms with E-state index in [4.69, 9.17) is 21.1 Å². The van der Waals surface area contributed by atoms with E-state index >= 15 is 0 Å². The quantitative estimate of drug-likeness (QED) is 0.937. The molecule has 3 rings (SSSR count). The summed E-state index contributed by atoms with van der Waals surface area (Å²) in [5.41, 5.74) is 1.91. The summed E-state index contributed by atoms with van der Waals surface area (Å²) in [5.74, 6) is 1.42. The van der Waals surface area contributed by atoms with Gasteiger partial charge in [-0.15, -0.1) is 11.3 Å². The van der Waals surface area contributed by atoms with Gasteiger partial charge in [0.25, 0.3) is 0 Å². The number of nitrogens with one attached hydrogen (secondary N) is 1. The molecule has 1 aliphatic heterocycles. The zero-order valence-electron chi connectivity index (χ0n) is 10.6. The van der Waals surface area contributed by atoms with Crippen molar-refractivity contribution in [3.05, 3.63) is 32.7 Å². The van der Waals surface area contributed by atoms with Crippen molar-refractivity contribution in [3.63, 3.8) is 0 Å². The first-order chi connectivity index (χ1) is 9.13. The molecule has 1 aliphatic rings. The number of halogens is 1. The van der Waals surface area contributed by atoms with Crippen molar-refractivity contribution in [1.82, 2.24) is 4.98 Å². The van der Waals surface area contributed by atoms with Crippen molar-refractivity contribution < 1.29 is 9.47 Å². The number of hydrogen-bond acceptors (Lipinski definition) is 5. The van der Waals surface area contributed by atoms with Crippen LogP contribution in [0.3, 0.4) is 0 Å². The lowest BCUT2D eigenvalue weighted by atomic mass is 10.2. The van der Waals surface area contributed by atoms with Gasteiger partial charge in [-0.05, 0) is 13.8 Å². The summed E-state index contributed by atoms with van der Waals surface area (Å²) < 4.78 is 10.6. The molecular formula is C13H13ClN2O2S. The van der Waals surface area contributed by atoms with Gasteiger partial charge in [-0.1, -0.05) is 11.6 Å². The van der Waals surface area contributed by atoms with E-state index in [1.54, 1.807) is 17.4 Å². The van der Waals surface area contributed by atoms with Crippen LogP contribution in [0.2, 0.25) is 5.02 Å². The highest BCUT2D eigenvalue weighted by Gasteiger charge is 2.16. The lowest BCUT2D eigenvalue weighted by Gasteiger charge is -2.08. The monoisotopic (exact) mass is 296 g/mol. The number of fused-ring (bicyclic) bond motifs is 1. The van der Waals surface area contributed by atoms with Gasteiger partial charge < -0.3 is 14.8 Å². The van der Waals surface area contributed by atoms with E-state index in [1.165, 1.54) is 4.88 Å². The molecular weight excluding hydrogens is 284 g/mol. The molecule has 0 spiro atoms. The standard InChI is InChI=1S/C13H13ClN2O2S/c1-7-13(19-8(2)16-7)5-15-10-4-12-11(3-9(10)14)17-6-18-12/h3-4,15H,5-6H2,1-2H3. The predicted molar refractivity (Wildman–Crippen MR) is 76.5 cm³/mol. The molecule has 1 N–H and O–H groups in total. The first kappa shape index (κ1) is 12.6. The summed E-state index contributed by atoms with van der Waals surface area (Å²) in [6.07, 6.45) is 0. The van der Waals surface area contributed by atoms with Crippen LogP contribution in [0.1, 0.15) is 15.6 Å². The highest BCUT2D eigenvalue weighted by atomic mass is 35.5. The largest absolute Gasteiger partial charge is 0.454 e. The lowest BCUT2D eigenvalue weighted by Crippen LogP contribution is -1.99. The lowest BCUT2D eigenvalue weighted by molar-refractivity contribution is 0.174. The Morgan fingerprint density at radius 2 is 2.05 bits per heavy atom. The molecule has 100 valence electrons. The highest BCUT2D eigenvalue weighted by Crippen LogP contribution is 2.39. The maximum absolute atomic E-state index is 6.21. The molecule has 4 nitrogen and oxygen atoms in total. The average molecular weight is 297 g/mol. The fraction of sp³-hybridized carbons (Fsp3) is 0.308. The third-order valence-electron chi connectivity index (χ3n) is 2.90. The molecule has 0 aliphatic carbocycles. The molecule has 0 bridgehead atoms. The summed E-state index contributed by atoms with van der Waals surface area (Å²) in [4.78, 5) is 5.62. The Morgan fingerprint density at radius 3 is 2.74 bits per heavy atom. The summed E-state index contributed by atoms with van der Waals surface area (Å²) in [5, 5.41) is 5.02. The number of ether oxygens (including phenoxy) is 2. The maximum atomic E-state index is 6.21. The van der Waals surface area contributed by atoms with Crippen LogP contribution < -0.4 is 14.8 Å². The molecule has 0 unspecified atom stereocenters. The van der Waals surface area contributed by atoms with Gasteiger partial charge in [-0.3, -0.25) is 0 Å². The smallest absolute Gasteiger partial charge is 0.231 e. The van der Waals surface area contributed by atoms with Crippen molar-refractivity contribution in [2.75, 3.05) is 12.1 Å². The summed E-state index contributed by atoms with van der Waals surface area (Å²) in [6.45, 7) is 4.98. The molecule has 1 aromatic heterocycles. The van der Waals surface area contributed by atoms with Crippen LogP contribution in [0, 0.1) is 13.8 Å². The number of benzene rings is 1. The Bertz CT molecular complexity index is 627. The number of aromatic nitrogens is 1. The molecule has 6 heteroatoms. The van der Waals surface area contributed by atoms with Crippen LogP contribution in [0.4, 0.5) is 5.69 Å². The van der Waals surface area contributed by atoms with E-state index in [1.807, 2.05) is 19.9 Å². The molecule has 19 heavy (non-hydrogen) atoms. The van der Waals surface area contributed by atoms with Crippen molar-refractivity contribution in [2.24, 2.45) is 0 Å². The van der Waals surface area contributed by atoms with Crippen LogP contribution in [0.5, 0.6) is 11.5 Å². The Kier molecular flexibility index (Phi) is 3.24. The molecule has 0 atom stereocenters. The number of nitrogens with zero attached hydrogens (tertiary/aromatic N) is 1. The van der Waals surface area contributed by atoms with Crippen molar-refractivity contribution in [1.29, 1.82) is 0 Å². The van der Waals surface area contributed by atoms with Gasteiger partial charge in [0, 0.05) is 17.0 Å². The van der Waals surface area contributed by atoms with E-state index < -0.39 is 0 Å². The van der Waals surface area contributed by atoms with Gasteiger partial charge >= 0.3 is 0 Å². The molecule has 1 aromatic carbocycles. The van der Waals surface area contributed by atoms with E-state index in [-0.39, 0.29) is 6.79 Å². The zero-order valence-corrected chi connectivity index (χ0v) is 12.2. The third-order valence-corrected chi connectivity index (χ3v) is 4.29. The van der Waals surface area contributed by atoms with Gasteiger partial charge in [0.15, 0.2) is 11.5 Å². The second-order valence-corrected chi connectivity index (χ2v) is 5.98. The SMILES string of the molecule is Cc1nc(C)c(CNc2cc3c(cc2Cl)OCO3)s1. The summed E-state index contributed by atoms with van der Waals surface area (Å²) >= 11 is 7.90. The van der Waals surface area contributed by atoms with Crippen LogP contribution in [0.25, 0.3) is 0 Å². The molecule has 2 heterocycles. The van der Waals surface area contributed by atoms with Crippen LogP contribution >= 0.6 is 22.9 Å². The zero-order chi connectivity index (χ0) is 13.4. The second kappa shape index (κ2) is 4.90. The average Bonchev–Trinajstić information content (AvgIpc) is 2.92.